The van der Waals surface area contributed by atoms with Crippen LogP contribution in [0.3, 0.4) is 0 Å². The van der Waals surface area contributed by atoms with Crippen molar-refractivity contribution in [1.29, 1.82) is 0 Å². The van der Waals surface area contributed by atoms with Gasteiger partial charge in [-0.25, -0.2) is 13.2 Å². The van der Waals surface area contributed by atoms with Crippen LogP contribution >= 0.6 is 0 Å². The maximum Gasteiger partial charge on any atom is 0.347 e. The van der Waals surface area contributed by atoms with Crippen LogP contribution in [-0.4, -0.2) is 39.3 Å². The number of para-hydroxylation sites is 2. The van der Waals surface area contributed by atoms with E-state index >= 15 is 0 Å². The molecule has 0 saturated heterocycles. The molecule has 0 aromatic heterocycles. The summed E-state index contributed by atoms with van der Waals surface area (Å²) in [4.78, 5) is 24.2. The van der Waals surface area contributed by atoms with Crippen molar-refractivity contribution in [2.75, 3.05) is 18.2 Å². The number of carbonyl (C=O) groups excluding carboxylic acids is 2. The van der Waals surface area contributed by atoms with Gasteiger partial charge >= 0.3 is 5.97 Å². The first-order chi connectivity index (χ1) is 12.8. The second-order valence-electron chi connectivity index (χ2n) is 5.75. The molecule has 144 valence electrons. The van der Waals surface area contributed by atoms with Crippen LogP contribution in [0.2, 0.25) is 0 Å². The van der Waals surface area contributed by atoms with Crippen LogP contribution in [0.15, 0.2) is 59.5 Å². The molecule has 0 saturated carbocycles. The molecule has 1 atom stereocenters. The topological polar surface area (TPSA) is 98.8 Å². The Morgan fingerprint density at radius 1 is 1.04 bits per heavy atom. The lowest BCUT2D eigenvalue weighted by molar-refractivity contribution is -0.154. The summed E-state index contributed by atoms with van der Waals surface area (Å²) in [5.74, 6) is -0.797. The molecule has 0 radical (unpaired) electrons. The molecule has 0 spiro atoms. The van der Waals surface area contributed by atoms with Gasteiger partial charge in [-0.1, -0.05) is 37.3 Å². The minimum atomic E-state index is -3.50. The number of ether oxygens (including phenoxy) is 2. The van der Waals surface area contributed by atoms with Crippen molar-refractivity contribution in [2.45, 2.75) is 24.3 Å². The number of hydrogen-bond donors (Lipinski definition) is 1. The molecule has 8 heteroatoms. The lowest BCUT2D eigenvalue weighted by Gasteiger charge is -2.16. The Morgan fingerprint density at radius 2 is 1.67 bits per heavy atom. The normalized spacial score (nSPS) is 12.1. The smallest absolute Gasteiger partial charge is 0.347 e. The summed E-state index contributed by atoms with van der Waals surface area (Å²) in [6.07, 6.45) is 0.570. The first-order valence-corrected chi connectivity index (χ1v) is 10.2. The maximum absolute atomic E-state index is 12.1. The fourth-order valence-electron chi connectivity index (χ4n) is 2.27. The molecule has 0 fully saturated rings. The van der Waals surface area contributed by atoms with Crippen molar-refractivity contribution < 1.29 is 27.5 Å². The molecule has 7 nitrogen and oxygen atoms in total. The van der Waals surface area contributed by atoms with Gasteiger partial charge in [0.25, 0.3) is 5.91 Å². The Balaban J connectivity index is 1.94. The maximum atomic E-state index is 12.1. The van der Waals surface area contributed by atoms with Crippen LogP contribution in [0.5, 0.6) is 5.75 Å². The lowest BCUT2D eigenvalue weighted by Crippen LogP contribution is -2.31. The second-order valence-corrected chi connectivity index (χ2v) is 7.74. The predicted octanol–water partition coefficient (Wildman–Crippen LogP) is 2.43. The fourth-order valence-corrected chi connectivity index (χ4v) is 3.11. The number of carbonyl (C=O) groups is 2. The van der Waals surface area contributed by atoms with Crippen LogP contribution in [0.1, 0.15) is 13.3 Å². The zero-order valence-electron chi connectivity index (χ0n) is 15.0. The van der Waals surface area contributed by atoms with Crippen LogP contribution in [0.4, 0.5) is 5.69 Å². The average Bonchev–Trinajstić information content (AvgIpc) is 2.64. The molecule has 0 bridgehead atoms. The minimum absolute atomic E-state index is 0.0106. The zero-order chi connectivity index (χ0) is 19.9. The van der Waals surface area contributed by atoms with Crippen LogP contribution in [0, 0.1) is 0 Å². The molecule has 0 aliphatic carbocycles. The number of nitrogens with one attached hydrogen (secondary N) is 1. The molecule has 0 heterocycles. The third-order valence-electron chi connectivity index (χ3n) is 3.56. The highest BCUT2D eigenvalue weighted by Gasteiger charge is 2.22. The zero-order valence-corrected chi connectivity index (χ0v) is 15.9. The van der Waals surface area contributed by atoms with Crippen molar-refractivity contribution in [2.24, 2.45) is 0 Å². The first-order valence-electron chi connectivity index (χ1n) is 8.28. The summed E-state index contributed by atoms with van der Waals surface area (Å²) in [6, 6.07) is 14.8. The molecule has 0 unspecified atom stereocenters. The van der Waals surface area contributed by atoms with Gasteiger partial charge in [0.2, 0.25) is 0 Å². The Labute approximate surface area is 158 Å². The third kappa shape index (κ3) is 6.10. The van der Waals surface area contributed by atoms with E-state index in [0.29, 0.717) is 12.2 Å². The van der Waals surface area contributed by atoms with Crippen LogP contribution < -0.4 is 10.1 Å². The Bertz CT molecular complexity index is 895. The molecule has 2 aromatic rings. The highest BCUT2D eigenvalue weighted by molar-refractivity contribution is 7.90. The molecule has 2 rings (SSSR count). The summed E-state index contributed by atoms with van der Waals surface area (Å²) in [5, 5.41) is 2.44. The number of rotatable bonds is 8. The molecule has 0 aliphatic rings. The quantitative estimate of drug-likeness (QED) is 0.694. The first kappa shape index (κ1) is 20.4. The van der Waals surface area contributed by atoms with Gasteiger partial charge in [-0.05, 0) is 30.7 Å². The van der Waals surface area contributed by atoms with E-state index in [4.69, 9.17) is 9.47 Å². The van der Waals surface area contributed by atoms with E-state index in [1.54, 1.807) is 43.3 Å². The van der Waals surface area contributed by atoms with Crippen LogP contribution in [0.25, 0.3) is 0 Å². The average molecular weight is 391 g/mol. The Hall–Kier alpha value is -2.87. The second kappa shape index (κ2) is 9.18. The summed E-state index contributed by atoms with van der Waals surface area (Å²) in [7, 11) is -3.50. The number of esters is 1. The van der Waals surface area contributed by atoms with Gasteiger partial charge in [-0.15, -0.1) is 0 Å². The van der Waals surface area contributed by atoms with Gasteiger partial charge < -0.3 is 14.8 Å². The van der Waals surface area contributed by atoms with E-state index in [0.717, 1.165) is 6.26 Å². The number of benzene rings is 2. The van der Waals surface area contributed by atoms with Gasteiger partial charge in [0.05, 0.1) is 10.6 Å². The standard InChI is InChI=1S/C19H21NO6S/c1-3-16(26-14-9-5-4-6-10-14)19(22)25-13-18(21)20-15-11-7-8-12-17(15)27(2,23)24/h4-12,16H,3,13H2,1-2H3,(H,20,21)/t16-/m0/s1. The van der Waals surface area contributed by atoms with Crippen molar-refractivity contribution in [3.05, 3.63) is 54.6 Å². The SMILES string of the molecule is CC[C@H](Oc1ccccc1)C(=O)OCC(=O)Nc1ccccc1S(C)(=O)=O. The van der Waals surface area contributed by atoms with Gasteiger partial charge in [-0.2, -0.15) is 0 Å². The minimum Gasteiger partial charge on any atom is -0.479 e. The van der Waals surface area contributed by atoms with Gasteiger partial charge in [0, 0.05) is 6.26 Å². The van der Waals surface area contributed by atoms with Gasteiger partial charge in [-0.3, -0.25) is 4.79 Å². The Kier molecular flexibility index (Phi) is 6.95. The highest BCUT2D eigenvalue weighted by Crippen LogP contribution is 2.20. The van der Waals surface area contributed by atoms with Crippen molar-refractivity contribution >= 4 is 27.4 Å². The highest BCUT2D eigenvalue weighted by atomic mass is 32.2. The van der Waals surface area contributed by atoms with E-state index in [-0.39, 0.29) is 10.6 Å². The van der Waals surface area contributed by atoms with E-state index in [1.165, 1.54) is 12.1 Å². The number of anilines is 1. The fraction of sp³-hybridized carbons (Fsp3) is 0.263. The summed E-state index contributed by atoms with van der Waals surface area (Å²) >= 11 is 0. The van der Waals surface area contributed by atoms with Gasteiger partial charge in [0.15, 0.2) is 22.5 Å². The van der Waals surface area contributed by atoms with E-state index < -0.39 is 34.4 Å². The summed E-state index contributed by atoms with van der Waals surface area (Å²) < 4.78 is 34.1. The molecular formula is C19H21NO6S. The molecule has 1 amide bonds. The van der Waals surface area contributed by atoms with Crippen molar-refractivity contribution in [1.82, 2.24) is 0 Å². The van der Waals surface area contributed by atoms with E-state index in [1.807, 2.05) is 6.07 Å². The van der Waals surface area contributed by atoms with Gasteiger partial charge in [0.1, 0.15) is 5.75 Å². The number of amides is 1. The summed E-state index contributed by atoms with van der Waals surface area (Å²) in [5.41, 5.74) is 0.133. The van der Waals surface area contributed by atoms with Crippen molar-refractivity contribution in [3.8, 4) is 5.75 Å². The molecular weight excluding hydrogens is 370 g/mol. The molecule has 27 heavy (non-hydrogen) atoms. The summed E-state index contributed by atoms with van der Waals surface area (Å²) in [6.45, 7) is 1.21. The van der Waals surface area contributed by atoms with E-state index in [9.17, 15) is 18.0 Å². The molecule has 1 N–H and O–H groups in total. The van der Waals surface area contributed by atoms with Crippen molar-refractivity contribution in [3.63, 3.8) is 0 Å². The number of sulfone groups is 1. The Morgan fingerprint density at radius 3 is 2.30 bits per heavy atom. The monoisotopic (exact) mass is 391 g/mol. The molecule has 2 aromatic carbocycles. The predicted molar refractivity (Wildman–Crippen MR) is 100 cm³/mol. The van der Waals surface area contributed by atoms with E-state index in [2.05, 4.69) is 5.32 Å². The van der Waals surface area contributed by atoms with Crippen LogP contribution in [-0.2, 0) is 24.2 Å². The number of hydrogen-bond acceptors (Lipinski definition) is 6. The largest absolute Gasteiger partial charge is 0.479 e. The lowest BCUT2D eigenvalue weighted by atomic mass is 10.2. The third-order valence-corrected chi connectivity index (χ3v) is 4.72. The molecule has 0 aliphatic heterocycles.